The summed E-state index contributed by atoms with van der Waals surface area (Å²) in [4.78, 5) is 33.8. The number of hydrogen-bond donors (Lipinski definition) is 3. The normalized spacial score (nSPS) is 10.3. The number of pyridine rings is 2. The Morgan fingerprint density at radius 2 is 1.53 bits per heavy atom. The summed E-state index contributed by atoms with van der Waals surface area (Å²) in [6.45, 7) is 1.84. The van der Waals surface area contributed by atoms with Crippen LogP contribution in [0.5, 0.6) is 0 Å². The molecule has 0 fully saturated rings. The molecule has 0 saturated heterocycles. The summed E-state index contributed by atoms with van der Waals surface area (Å²) in [7, 11) is 0. The van der Waals surface area contributed by atoms with Crippen molar-refractivity contribution in [3.05, 3.63) is 108 Å². The summed E-state index contributed by atoms with van der Waals surface area (Å²) in [5, 5.41) is 8.88. The van der Waals surface area contributed by atoms with Crippen LogP contribution in [0.1, 0.15) is 26.3 Å². The first-order valence-corrected chi connectivity index (χ1v) is 10.0. The van der Waals surface area contributed by atoms with Crippen LogP contribution in [0.3, 0.4) is 0 Å². The van der Waals surface area contributed by atoms with Crippen molar-refractivity contribution in [2.45, 2.75) is 6.92 Å². The number of nitrogens with zero attached hydrogens (tertiary/aromatic N) is 2. The third-order valence-electron chi connectivity index (χ3n) is 4.77. The van der Waals surface area contributed by atoms with Crippen LogP contribution in [-0.4, -0.2) is 21.8 Å². The molecule has 0 atom stereocenters. The van der Waals surface area contributed by atoms with Gasteiger partial charge >= 0.3 is 0 Å². The zero-order valence-electron chi connectivity index (χ0n) is 17.4. The zero-order chi connectivity index (χ0) is 22.3. The highest BCUT2D eigenvalue weighted by molar-refractivity contribution is 6.13. The molecule has 7 nitrogen and oxygen atoms in total. The second-order valence-electron chi connectivity index (χ2n) is 7.06. The van der Waals surface area contributed by atoms with Crippen LogP contribution in [0.4, 0.5) is 22.9 Å². The maximum Gasteiger partial charge on any atom is 0.257 e. The largest absolute Gasteiger partial charge is 0.340 e. The van der Waals surface area contributed by atoms with Crippen LogP contribution < -0.4 is 16.0 Å². The minimum atomic E-state index is -0.343. The number of aryl methyl sites for hydroxylation is 1. The van der Waals surface area contributed by atoms with Gasteiger partial charge in [0, 0.05) is 23.6 Å². The SMILES string of the molecule is Cc1cccc(C(=O)Nc2ccc(Nc3ccccc3)nc2)c1NC(=O)c1ccncc1. The number of amides is 2. The third-order valence-corrected chi connectivity index (χ3v) is 4.77. The van der Waals surface area contributed by atoms with Gasteiger partial charge in [-0.2, -0.15) is 0 Å². The van der Waals surface area contributed by atoms with Gasteiger partial charge in [0.15, 0.2) is 0 Å². The van der Waals surface area contributed by atoms with Gasteiger partial charge in [0.2, 0.25) is 0 Å². The van der Waals surface area contributed by atoms with E-state index in [9.17, 15) is 9.59 Å². The standard InChI is InChI=1S/C25H21N5O2/c1-17-6-5-9-21(23(17)30-24(31)18-12-14-26-15-13-18)25(32)29-20-10-11-22(27-16-20)28-19-7-3-2-4-8-19/h2-16H,1H3,(H,27,28)(H,29,32)(H,30,31). The summed E-state index contributed by atoms with van der Waals surface area (Å²) < 4.78 is 0. The van der Waals surface area contributed by atoms with Crippen molar-refractivity contribution in [1.82, 2.24) is 9.97 Å². The van der Waals surface area contributed by atoms with Crippen molar-refractivity contribution in [1.29, 1.82) is 0 Å². The van der Waals surface area contributed by atoms with Crippen molar-refractivity contribution in [3.63, 3.8) is 0 Å². The van der Waals surface area contributed by atoms with E-state index in [4.69, 9.17) is 0 Å². The summed E-state index contributed by atoms with van der Waals surface area (Å²) in [5.74, 6) is 0.00751. The van der Waals surface area contributed by atoms with Crippen LogP contribution in [-0.2, 0) is 0 Å². The molecule has 2 aromatic heterocycles. The molecule has 7 heteroatoms. The van der Waals surface area contributed by atoms with Gasteiger partial charge in [0.05, 0.1) is 23.1 Å². The Morgan fingerprint density at radius 3 is 2.25 bits per heavy atom. The van der Waals surface area contributed by atoms with Gasteiger partial charge < -0.3 is 16.0 Å². The van der Waals surface area contributed by atoms with Gasteiger partial charge in [0.1, 0.15) is 5.82 Å². The Kier molecular flexibility index (Phi) is 6.17. The summed E-state index contributed by atoms with van der Waals surface area (Å²) in [5.41, 5.74) is 3.52. The Morgan fingerprint density at radius 1 is 0.750 bits per heavy atom. The first kappa shape index (κ1) is 20.7. The van der Waals surface area contributed by atoms with E-state index in [1.165, 1.54) is 0 Å². The molecule has 0 spiro atoms. The fraction of sp³-hybridized carbons (Fsp3) is 0.0400. The fourth-order valence-corrected chi connectivity index (χ4v) is 3.12. The van der Waals surface area contributed by atoms with Crippen molar-refractivity contribution < 1.29 is 9.59 Å². The van der Waals surface area contributed by atoms with E-state index in [0.29, 0.717) is 28.3 Å². The highest BCUT2D eigenvalue weighted by Gasteiger charge is 2.16. The third kappa shape index (κ3) is 4.96. The molecule has 4 rings (SSSR count). The van der Waals surface area contributed by atoms with Gasteiger partial charge in [-0.3, -0.25) is 14.6 Å². The number of benzene rings is 2. The molecule has 2 aromatic carbocycles. The topological polar surface area (TPSA) is 96.0 Å². The molecule has 2 amide bonds. The molecule has 0 aliphatic rings. The average Bonchev–Trinajstić information content (AvgIpc) is 2.83. The van der Waals surface area contributed by atoms with E-state index in [1.54, 1.807) is 55.0 Å². The molecule has 32 heavy (non-hydrogen) atoms. The lowest BCUT2D eigenvalue weighted by Crippen LogP contribution is -2.19. The molecule has 0 unspecified atom stereocenters. The van der Waals surface area contributed by atoms with Crippen molar-refractivity contribution in [2.75, 3.05) is 16.0 Å². The van der Waals surface area contributed by atoms with Gasteiger partial charge in [-0.1, -0.05) is 30.3 Å². The van der Waals surface area contributed by atoms with Crippen LogP contribution in [0.15, 0.2) is 91.4 Å². The molecule has 2 heterocycles. The fourth-order valence-electron chi connectivity index (χ4n) is 3.12. The maximum atomic E-state index is 13.0. The highest BCUT2D eigenvalue weighted by Crippen LogP contribution is 2.23. The van der Waals surface area contributed by atoms with Crippen LogP contribution in [0.2, 0.25) is 0 Å². The Balaban J connectivity index is 1.49. The Bertz CT molecular complexity index is 1230. The lowest BCUT2D eigenvalue weighted by Gasteiger charge is -2.14. The first-order valence-electron chi connectivity index (χ1n) is 10.0. The lowest BCUT2D eigenvalue weighted by molar-refractivity contribution is 0.102. The van der Waals surface area contributed by atoms with Crippen LogP contribution in [0, 0.1) is 6.92 Å². The summed E-state index contributed by atoms with van der Waals surface area (Å²) in [6.07, 6.45) is 4.67. The van der Waals surface area contributed by atoms with Crippen molar-refractivity contribution >= 4 is 34.7 Å². The number of aromatic nitrogens is 2. The molecular weight excluding hydrogens is 402 g/mol. The molecule has 0 radical (unpaired) electrons. The molecule has 0 aliphatic carbocycles. The minimum Gasteiger partial charge on any atom is -0.340 e. The van der Waals surface area contributed by atoms with Gasteiger partial charge in [-0.25, -0.2) is 4.98 Å². The van der Waals surface area contributed by atoms with Crippen LogP contribution in [0.25, 0.3) is 0 Å². The predicted molar refractivity (Wildman–Crippen MR) is 125 cm³/mol. The van der Waals surface area contributed by atoms with E-state index in [1.807, 2.05) is 43.3 Å². The number of anilines is 4. The van der Waals surface area contributed by atoms with E-state index >= 15 is 0 Å². The average molecular weight is 423 g/mol. The number of rotatable bonds is 6. The quantitative estimate of drug-likeness (QED) is 0.404. The molecule has 0 aliphatic heterocycles. The van der Waals surface area contributed by atoms with Crippen LogP contribution >= 0.6 is 0 Å². The molecule has 4 aromatic rings. The number of nitrogens with one attached hydrogen (secondary N) is 3. The van der Waals surface area contributed by atoms with Gasteiger partial charge in [-0.05, 0) is 55.0 Å². The first-order chi connectivity index (χ1) is 15.6. The zero-order valence-corrected chi connectivity index (χ0v) is 17.4. The smallest absolute Gasteiger partial charge is 0.257 e. The van der Waals surface area contributed by atoms with Crippen molar-refractivity contribution in [3.8, 4) is 0 Å². The van der Waals surface area contributed by atoms with E-state index in [2.05, 4.69) is 25.9 Å². The number of carbonyl (C=O) groups is 2. The minimum absolute atomic E-state index is 0.311. The van der Waals surface area contributed by atoms with Crippen molar-refractivity contribution in [2.24, 2.45) is 0 Å². The monoisotopic (exact) mass is 423 g/mol. The highest BCUT2D eigenvalue weighted by atomic mass is 16.2. The molecule has 0 saturated carbocycles. The van der Waals surface area contributed by atoms with E-state index in [0.717, 1.165) is 11.3 Å². The molecule has 3 N–H and O–H groups in total. The number of hydrogen-bond acceptors (Lipinski definition) is 5. The Hall–Kier alpha value is -4.52. The second-order valence-corrected chi connectivity index (χ2v) is 7.06. The lowest BCUT2D eigenvalue weighted by atomic mass is 10.1. The van der Waals surface area contributed by atoms with Gasteiger partial charge in [0.25, 0.3) is 11.8 Å². The Labute approximate surface area is 185 Å². The summed E-state index contributed by atoms with van der Waals surface area (Å²) in [6, 6.07) is 21.8. The predicted octanol–water partition coefficient (Wildman–Crippen LogP) is 5.03. The number of carbonyl (C=O) groups excluding carboxylic acids is 2. The van der Waals surface area contributed by atoms with E-state index < -0.39 is 0 Å². The number of para-hydroxylation sites is 2. The molecule has 0 bridgehead atoms. The molecular formula is C25H21N5O2. The maximum absolute atomic E-state index is 13.0. The molecule has 158 valence electrons. The van der Waals surface area contributed by atoms with Gasteiger partial charge in [-0.15, -0.1) is 0 Å². The summed E-state index contributed by atoms with van der Waals surface area (Å²) >= 11 is 0. The van der Waals surface area contributed by atoms with E-state index in [-0.39, 0.29) is 11.8 Å². The second kappa shape index (κ2) is 9.53.